The van der Waals surface area contributed by atoms with Gasteiger partial charge in [-0.25, -0.2) is 4.57 Å². The molecule has 0 aliphatic rings. The fourth-order valence-corrected chi connectivity index (χ4v) is 1.47. The highest BCUT2D eigenvalue weighted by Gasteiger charge is 2.31. The number of aliphatic hydroxyl groups excluding tert-OH is 3. The maximum absolute atomic E-state index is 10.6. The van der Waals surface area contributed by atoms with Gasteiger partial charge in [0, 0.05) is 0 Å². The molecule has 14 heavy (non-hydrogen) atoms. The average Bonchev–Trinajstić information content (AvgIpc) is 2.10. The Balaban J connectivity index is 4.41. The zero-order valence-electron chi connectivity index (χ0n) is 6.92. The van der Waals surface area contributed by atoms with Crippen molar-refractivity contribution in [2.75, 3.05) is 6.61 Å². The standard InChI is InChI=1S/C5H11O7PS/c6-1-3(8)5(9)4(2-7)12-13(10,11)14/h2-6,8-9H,1H2,(H2,10,11,14)/t3-,4+,5-/m1/s1. The molecular weight excluding hydrogens is 235 g/mol. The Bertz CT molecular complexity index is 228. The number of aldehydes is 1. The lowest BCUT2D eigenvalue weighted by molar-refractivity contribution is -0.125. The zero-order chi connectivity index (χ0) is 11.4. The van der Waals surface area contributed by atoms with Crippen LogP contribution in [0.15, 0.2) is 0 Å². The van der Waals surface area contributed by atoms with Gasteiger partial charge in [0.25, 0.3) is 0 Å². The molecule has 9 heteroatoms. The van der Waals surface area contributed by atoms with Crippen molar-refractivity contribution >= 4 is 25.3 Å². The summed E-state index contributed by atoms with van der Waals surface area (Å²) in [5, 5.41) is 26.4. The summed E-state index contributed by atoms with van der Waals surface area (Å²) >= 11 is 3.12. The van der Waals surface area contributed by atoms with E-state index >= 15 is 0 Å². The summed E-state index contributed by atoms with van der Waals surface area (Å²) in [6.07, 6.45) is -5.11. The minimum absolute atomic E-state index is 0.0304. The van der Waals surface area contributed by atoms with Gasteiger partial charge in [-0.1, -0.05) is 12.2 Å². The molecule has 0 aliphatic carbocycles. The first-order chi connectivity index (χ1) is 6.31. The van der Waals surface area contributed by atoms with Crippen molar-refractivity contribution in [2.24, 2.45) is 0 Å². The molecular formula is C5H11O7PS. The highest BCUT2D eigenvalue weighted by Crippen LogP contribution is 2.48. The van der Waals surface area contributed by atoms with Gasteiger partial charge in [0.2, 0.25) is 0 Å². The van der Waals surface area contributed by atoms with Gasteiger partial charge in [-0.3, -0.25) is 4.52 Å². The Kier molecular flexibility index (Phi) is 5.84. The molecule has 0 amide bonds. The third-order valence-electron chi connectivity index (χ3n) is 1.31. The first kappa shape index (κ1) is 14.1. The second kappa shape index (κ2) is 5.82. The van der Waals surface area contributed by atoms with Gasteiger partial charge in [0.1, 0.15) is 12.2 Å². The predicted octanol–water partition coefficient (Wildman–Crippen LogP) is -1.69. The first-order valence-corrected chi connectivity index (χ1v) is 6.21. The van der Waals surface area contributed by atoms with E-state index in [1.807, 2.05) is 0 Å². The largest absolute Gasteiger partial charge is 0.394 e. The maximum atomic E-state index is 10.6. The SMILES string of the molecule is O=C[C@H](OP(=O)(O)S)[C@H](O)[C@H](O)CO. The van der Waals surface area contributed by atoms with Crippen molar-refractivity contribution in [3.8, 4) is 0 Å². The molecule has 4 N–H and O–H groups in total. The molecule has 0 aromatic heterocycles. The monoisotopic (exact) mass is 246 g/mol. The van der Waals surface area contributed by atoms with Gasteiger partial charge in [-0.05, 0) is 0 Å². The molecule has 0 aromatic rings. The highest BCUT2D eigenvalue weighted by molar-refractivity contribution is 8.44. The smallest absolute Gasteiger partial charge is 0.384 e. The minimum atomic E-state index is -4.23. The van der Waals surface area contributed by atoms with E-state index in [1.54, 1.807) is 0 Å². The fourth-order valence-electron chi connectivity index (χ4n) is 0.653. The van der Waals surface area contributed by atoms with Crippen molar-refractivity contribution in [3.63, 3.8) is 0 Å². The van der Waals surface area contributed by atoms with Crippen LogP contribution in [0.1, 0.15) is 0 Å². The molecule has 84 valence electrons. The van der Waals surface area contributed by atoms with Gasteiger partial charge in [-0.15, -0.1) is 0 Å². The number of hydrogen-bond acceptors (Lipinski definition) is 6. The van der Waals surface area contributed by atoms with E-state index in [-0.39, 0.29) is 6.29 Å². The van der Waals surface area contributed by atoms with E-state index in [9.17, 15) is 9.36 Å². The Hall–Kier alpha value is 0.0500. The van der Waals surface area contributed by atoms with Crippen LogP contribution in [0.4, 0.5) is 0 Å². The van der Waals surface area contributed by atoms with Gasteiger partial charge < -0.3 is 25.0 Å². The third-order valence-corrected chi connectivity index (χ3v) is 2.11. The molecule has 0 saturated heterocycles. The highest BCUT2D eigenvalue weighted by atomic mass is 32.7. The molecule has 7 nitrogen and oxygen atoms in total. The quantitative estimate of drug-likeness (QED) is 0.215. The minimum Gasteiger partial charge on any atom is -0.394 e. The van der Waals surface area contributed by atoms with E-state index in [4.69, 9.17) is 20.2 Å². The van der Waals surface area contributed by atoms with E-state index in [0.29, 0.717) is 0 Å². The van der Waals surface area contributed by atoms with Crippen molar-refractivity contribution in [2.45, 2.75) is 18.3 Å². The number of hydrogen-bond donors (Lipinski definition) is 5. The van der Waals surface area contributed by atoms with Crippen LogP contribution in [0.25, 0.3) is 0 Å². The molecule has 0 aliphatic heterocycles. The Morgan fingerprint density at radius 1 is 1.50 bits per heavy atom. The number of thiol groups is 1. The molecule has 0 radical (unpaired) electrons. The van der Waals surface area contributed by atoms with Crippen LogP contribution in [0.5, 0.6) is 0 Å². The Morgan fingerprint density at radius 3 is 2.29 bits per heavy atom. The molecule has 0 aromatic carbocycles. The number of aliphatic hydroxyl groups is 3. The van der Waals surface area contributed by atoms with Crippen LogP contribution in [0.2, 0.25) is 0 Å². The van der Waals surface area contributed by atoms with Crippen molar-refractivity contribution < 1.29 is 34.1 Å². The van der Waals surface area contributed by atoms with Crippen LogP contribution in [0.3, 0.4) is 0 Å². The summed E-state index contributed by atoms with van der Waals surface area (Å²) in [5.41, 5.74) is 0. The normalized spacial score (nSPS) is 22.1. The molecule has 4 atom stereocenters. The van der Waals surface area contributed by atoms with Crippen molar-refractivity contribution in [1.29, 1.82) is 0 Å². The number of rotatable bonds is 6. The zero-order valence-corrected chi connectivity index (χ0v) is 8.71. The lowest BCUT2D eigenvalue weighted by Gasteiger charge is -2.21. The van der Waals surface area contributed by atoms with Crippen LogP contribution in [0, 0.1) is 0 Å². The first-order valence-electron chi connectivity index (χ1n) is 3.48. The summed E-state index contributed by atoms with van der Waals surface area (Å²) in [5.74, 6) is 0. The van der Waals surface area contributed by atoms with E-state index in [1.165, 1.54) is 0 Å². The summed E-state index contributed by atoms with van der Waals surface area (Å²) < 4.78 is 14.7. The molecule has 0 rings (SSSR count). The molecule has 0 saturated carbocycles. The van der Waals surface area contributed by atoms with E-state index < -0.39 is 31.7 Å². The van der Waals surface area contributed by atoms with Gasteiger partial charge >= 0.3 is 6.80 Å². The van der Waals surface area contributed by atoms with Gasteiger partial charge in [-0.2, -0.15) is 0 Å². The van der Waals surface area contributed by atoms with E-state index in [0.717, 1.165) is 0 Å². The Morgan fingerprint density at radius 2 is 2.00 bits per heavy atom. The third kappa shape index (κ3) is 5.06. The maximum Gasteiger partial charge on any atom is 0.384 e. The van der Waals surface area contributed by atoms with E-state index in [2.05, 4.69) is 16.8 Å². The average molecular weight is 246 g/mol. The van der Waals surface area contributed by atoms with Crippen LogP contribution < -0.4 is 0 Å². The summed E-state index contributed by atoms with van der Waals surface area (Å²) in [6, 6.07) is 0. The number of carbonyl (C=O) groups is 1. The van der Waals surface area contributed by atoms with Crippen LogP contribution in [-0.2, 0) is 13.9 Å². The summed E-state index contributed by atoms with van der Waals surface area (Å²) in [6.45, 7) is -5.04. The van der Waals surface area contributed by atoms with Gasteiger partial charge in [0.15, 0.2) is 12.4 Å². The second-order valence-electron chi connectivity index (χ2n) is 2.44. The summed E-state index contributed by atoms with van der Waals surface area (Å²) in [7, 11) is 0. The van der Waals surface area contributed by atoms with Crippen LogP contribution >= 0.6 is 19.0 Å². The lowest BCUT2D eigenvalue weighted by Crippen LogP contribution is -2.41. The summed E-state index contributed by atoms with van der Waals surface area (Å²) in [4.78, 5) is 18.9. The number of carbonyl (C=O) groups excluding carboxylic acids is 1. The molecule has 1 unspecified atom stereocenters. The molecule has 0 fully saturated rings. The lowest BCUT2D eigenvalue weighted by atomic mass is 10.1. The van der Waals surface area contributed by atoms with Crippen molar-refractivity contribution in [1.82, 2.24) is 0 Å². The second-order valence-corrected chi connectivity index (χ2v) is 5.15. The van der Waals surface area contributed by atoms with Gasteiger partial charge in [0.05, 0.1) is 6.61 Å². The van der Waals surface area contributed by atoms with Crippen molar-refractivity contribution in [3.05, 3.63) is 0 Å². The Labute approximate surface area is 85.0 Å². The molecule has 0 heterocycles. The predicted molar refractivity (Wildman–Crippen MR) is 48.8 cm³/mol. The fraction of sp³-hybridized carbons (Fsp3) is 0.800. The molecule has 0 spiro atoms. The topological polar surface area (TPSA) is 124 Å². The van der Waals surface area contributed by atoms with Crippen LogP contribution in [-0.4, -0.2) is 51.4 Å². The molecule has 0 bridgehead atoms.